The van der Waals surface area contributed by atoms with Crippen LogP contribution in [-0.2, 0) is 4.74 Å². The van der Waals surface area contributed by atoms with Crippen LogP contribution in [0.2, 0.25) is 0 Å². The number of amides is 1. The standard InChI is InChI=1S/C17H16N4O2/c22-17(20-9-11-23-12-10-20)14-3-1-13(2-4-14)15-5-6-16-18-7-8-21(16)19-15/h1-8H,9-12H2. The molecule has 0 spiro atoms. The first kappa shape index (κ1) is 13.9. The number of aromatic nitrogens is 3. The molecule has 3 heterocycles. The lowest BCUT2D eigenvalue weighted by Gasteiger charge is -2.26. The molecule has 0 saturated carbocycles. The fourth-order valence-corrected chi connectivity index (χ4v) is 2.70. The number of hydrogen-bond donors (Lipinski definition) is 0. The van der Waals surface area contributed by atoms with Crippen LogP contribution in [-0.4, -0.2) is 51.7 Å². The first-order valence-electron chi connectivity index (χ1n) is 7.59. The molecule has 0 unspecified atom stereocenters. The minimum Gasteiger partial charge on any atom is -0.378 e. The smallest absolute Gasteiger partial charge is 0.254 e. The lowest BCUT2D eigenvalue weighted by Crippen LogP contribution is -2.40. The molecule has 116 valence electrons. The Morgan fingerprint density at radius 2 is 1.83 bits per heavy atom. The van der Waals surface area contributed by atoms with E-state index in [-0.39, 0.29) is 5.91 Å². The van der Waals surface area contributed by atoms with Crippen LogP contribution in [0.5, 0.6) is 0 Å². The SMILES string of the molecule is O=C(c1ccc(-c2ccc3nccn3n2)cc1)N1CCOCC1. The molecule has 2 aromatic heterocycles. The molecule has 0 N–H and O–H groups in total. The van der Waals surface area contributed by atoms with Crippen LogP contribution < -0.4 is 0 Å². The summed E-state index contributed by atoms with van der Waals surface area (Å²) in [5, 5.41) is 4.51. The third-order valence-electron chi connectivity index (χ3n) is 3.98. The highest BCUT2D eigenvalue weighted by atomic mass is 16.5. The average Bonchev–Trinajstić information content (AvgIpc) is 3.10. The van der Waals surface area contributed by atoms with Crippen molar-refractivity contribution in [3.63, 3.8) is 0 Å². The summed E-state index contributed by atoms with van der Waals surface area (Å²) in [6.45, 7) is 2.52. The molecule has 0 aliphatic carbocycles. The van der Waals surface area contributed by atoms with Gasteiger partial charge in [-0.05, 0) is 24.3 Å². The van der Waals surface area contributed by atoms with Crippen molar-refractivity contribution in [1.29, 1.82) is 0 Å². The van der Waals surface area contributed by atoms with Crippen LogP contribution in [0.1, 0.15) is 10.4 Å². The Balaban J connectivity index is 1.58. The molecule has 4 rings (SSSR count). The molecule has 6 nitrogen and oxygen atoms in total. The average molecular weight is 308 g/mol. The van der Waals surface area contributed by atoms with Crippen molar-refractivity contribution in [1.82, 2.24) is 19.5 Å². The zero-order chi connectivity index (χ0) is 15.6. The Morgan fingerprint density at radius 1 is 1.04 bits per heavy atom. The molecule has 0 radical (unpaired) electrons. The molecule has 1 saturated heterocycles. The van der Waals surface area contributed by atoms with Gasteiger partial charge in [-0.15, -0.1) is 0 Å². The van der Waals surface area contributed by atoms with Gasteiger partial charge in [-0.25, -0.2) is 9.50 Å². The third-order valence-corrected chi connectivity index (χ3v) is 3.98. The maximum atomic E-state index is 12.4. The van der Waals surface area contributed by atoms with Crippen LogP contribution in [0, 0.1) is 0 Å². The summed E-state index contributed by atoms with van der Waals surface area (Å²) in [7, 11) is 0. The summed E-state index contributed by atoms with van der Waals surface area (Å²) in [5.41, 5.74) is 3.33. The van der Waals surface area contributed by atoms with Gasteiger partial charge >= 0.3 is 0 Å². The summed E-state index contributed by atoms with van der Waals surface area (Å²) in [6, 6.07) is 11.4. The van der Waals surface area contributed by atoms with Crippen molar-refractivity contribution in [2.45, 2.75) is 0 Å². The molecular formula is C17H16N4O2. The number of rotatable bonds is 2. The highest BCUT2D eigenvalue weighted by Gasteiger charge is 2.18. The van der Waals surface area contributed by atoms with E-state index in [1.54, 1.807) is 10.7 Å². The minimum absolute atomic E-state index is 0.0536. The highest BCUT2D eigenvalue weighted by molar-refractivity contribution is 5.94. The molecule has 23 heavy (non-hydrogen) atoms. The van der Waals surface area contributed by atoms with Gasteiger partial charge in [0.25, 0.3) is 5.91 Å². The Labute approximate surface area is 133 Å². The summed E-state index contributed by atoms with van der Waals surface area (Å²) in [6.07, 6.45) is 3.53. The molecule has 1 fully saturated rings. The zero-order valence-electron chi connectivity index (χ0n) is 12.6. The van der Waals surface area contributed by atoms with Gasteiger partial charge < -0.3 is 9.64 Å². The van der Waals surface area contributed by atoms with Crippen LogP contribution in [0.25, 0.3) is 16.9 Å². The van der Waals surface area contributed by atoms with Gasteiger partial charge in [0, 0.05) is 36.6 Å². The van der Waals surface area contributed by atoms with E-state index in [4.69, 9.17) is 4.74 Å². The van der Waals surface area contributed by atoms with E-state index in [9.17, 15) is 4.79 Å². The first-order valence-corrected chi connectivity index (χ1v) is 7.59. The fraction of sp³-hybridized carbons (Fsp3) is 0.235. The Morgan fingerprint density at radius 3 is 2.61 bits per heavy atom. The second-order valence-electron chi connectivity index (χ2n) is 5.43. The summed E-state index contributed by atoms with van der Waals surface area (Å²) >= 11 is 0. The first-order chi connectivity index (χ1) is 11.3. The second kappa shape index (κ2) is 5.81. The summed E-state index contributed by atoms with van der Waals surface area (Å²) in [5.74, 6) is 0.0536. The highest BCUT2D eigenvalue weighted by Crippen LogP contribution is 2.19. The predicted molar refractivity (Wildman–Crippen MR) is 85.1 cm³/mol. The van der Waals surface area contributed by atoms with Crippen molar-refractivity contribution < 1.29 is 9.53 Å². The molecule has 1 aliphatic heterocycles. The zero-order valence-corrected chi connectivity index (χ0v) is 12.6. The van der Waals surface area contributed by atoms with Crippen LogP contribution in [0.15, 0.2) is 48.8 Å². The topological polar surface area (TPSA) is 59.7 Å². The van der Waals surface area contributed by atoms with E-state index in [0.717, 1.165) is 16.9 Å². The van der Waals surface area contributed by atoms with Crippen molar-refractivity contribution in [3.8, 4) is 11.3 Å². The van der Waals surface area contributed by atoms with Gasteiger partial charge in [-0.3, -0.25) is 4.79 Å². The normalized spacial score (nSPS) is 15.0. The van der Waals surface area contributed by atoms with E-state index in [1.807, 2.05) is 47.5 Å². The maximum absolute atomic E-state index is 12.4. The van der Waals surface area contributed by atoms with Crippen LogP contribution in [0.3, 0.4) is 0 Å². The van der Waals surface area contributed by atoms with E-state index >= 15 is 0 Å². The molecule has 1 aliphatic rings. The number of hydrogen-bond acceptors (Lipinski definition) is 4. The molecule has 0 bridgehead atoms. The van der Waals surface area contributed by atoms with Crippen molar-refractivity contribution in [2.24, 2.45) is 0 Å². The van der Waals surface area contributed by atoms with E-state index < -0.39 is 0 Å². The number of imidazole rings is 1. The number of carbonyl (C=O) groups is 1. The lowest BCUT2D eigenvalue weighted by atomic mass is 10.1. The largest absolute Gasteiger partial charge is 0.378 e. The molecule has 0 atom stereocenters. The van der Waals surface area contributed by atoms with Crippen molar-refractivity contribution in [3.05, 3.63) is 54.4 Å². The molecular weight excluding hydrogens is 292 g/mol. The lowest BCUT2D eigenvalue weighted by molar-refractivity contribution is 0.0303. The minimum atomic E-state index is 0.0536. The summed E-state index contributed by atoms with van der Waals surface area (Å²) < 4.78 is 7.02. The van der Waals surface area contributed by atoms with Crippen molar-refractivity contribution >= 4 is 11.6 Å². The van der Waals surface area contributed by atoms with Gasteiger partial charge in [0.05, 0.1) is 18.9 Å². The van der Waals surface area contributed by atoms with Crippen LogP contribution >= 0.6 is 0 Å². The number of carbonyl (C=O) groups excluding carboxylic acids is 1. The maximum Gasteiger partial charge on any atom is 0.254 e. The number of benzene rings is 1. The van der Waals surface area contributed by atoms with Gasteiger partial charge in [-0.2, -0.15) is 5.10 Å². The van der Waals surface area contributed by atoms with E-state index in [2.05, 4.69) is 10.1 Å². The number of morpholine rings is 1. The second-order valence-corrected chi connectivity index (χ2v) is 5.43. The van der Waals surface area contributed by atoms with Gasteiger partial charge in [0.1, 0.15) is 0 Å². The van der Waals surface area contributed by atoms with Gasteiger partial charge in [0.2, 0.25) is 0 Å². The molecule has 1 amide bonds. The number of nitrogens with zero attached hydrogens (tertiary/aromatic N) is 4. The quantitative estimate of drug-likeness (QED) is 0.725. The molecule has 1 aromatic carbocycles. The Hall–Kier alpha value is -2.73. The number of fused-ring (bicyclic) bond motifs is 1. The monoisotopic (exact) mass is 308 g/mol. The van der Waals surface area contributed by atoms with Gasteiger partial charge in [0.15, 0.2) is 5.65 Å². The molecule has 6 heteroatoms. The Kier molecular flexibility index (Phi) is 3.51. The summed E-state index contributed by atoms with van der Waals surface area (Å²) in [4.78, 5) is 18.4. The van der Waals surface area contributed by atoms with E-state index in [1.165, 1.54) is 0 Å². The predicted octanol–water partition coefficient (Wildman–Crippen LogP) is 1.87. The van der Waals surface area contributed by atoms with E-state index in [0.29, 0.717) is 31.9 Å². The number of ether oxygens (including phenoxy) is 1. The Bertz CT molecular complexity index is 835. The van der Waals surface area contributed by atoms with Gasteiger partial charge in [-0.1, -0.05) is 12.1 Å². The molecule has 3 aromatic rings. The third kappa shape index (κ3) is 2.68. The fourth-order valence-electron chi connectivity index (χ4n) is 2.70. The van der Waals surface area contributed by atoms with Crippen molar-refractivity contribution in [2.75, 3.05) is 26.3 Å². The van der Waals surface area contributed by atoms with Crippen LogP contribution in [0.4, 0.5) is 0 Å².